The molecular weight excluding hydrogens is 348 g/mol. The van der Waals surface area contributed by atoms with Gasteiger partial charge in [-0.25, -0.2) is 12.7 Å². The molecule has 1 atom stereocenters. The number of sulfonamides is 1. The van der Waals surface area contributed by atoms with E-state index in [1.807, 2.05) is 6.07 Å². The molecule has 1 aliphatic rings. The van der Waals surface area contributed by atoms with E-state index in [0.717, 1.165) is 9.87 Å². The topological polar surface area (TPSA) is 62.6 Å². The Balaban J connectivity index is 1.73. The minimum Gasteiger partial charge on any atom is -0.451 e. The summed E-state index contributed by atoms with van der Waals surface area (Å²) in [5, 5.41) is 3.64. The maximum atomic E-state index is 12.2. The number of hydrogen-bond donors (Lipinski definition) is 1. The third kappa shape index (κ3) is 4.37. The van der Waals surface area contributed by atoms with E-state index in [-0.39, 0.29) is 11.1 Å². The van der Waals surface area contributed by atoms with Gasteiger partial charge in [-0.15, -0.1) is 0 Å². The summed E-state index contributed by atoms with van der Waals surface area (Å²) >= 11 is 0. The summed E-state index contributed by atoms with van der Waals surface area (Å²) < 4.78 is 30.8. The monoisotopic (exact) mass is 376 g/mol. The van der Waals surface area contributed by atoms with E-state index in [0.29, 0.717) is 12.5 Å². The van der Waals surface area contributed by atoms with Gasteiger partial charge in [0.05, 0.1) is 6.26 Å². The fourth-order valence-corrected chi connectivity index (χ4v) is 4.50. The lowest BCUT2D eigenvalue weighted by Crippen LogP contribution is -2.29. The van der Waals surface area contributed by atoms with Crippen molar-refractivity contribution in [1.29, 1.82) is 0 Å². The highest BCUT2D eigenvalue weighted by Gasteiger charge is 2.26. The second kappa shape index (κ2) is 8.37. The van der Waals surface area contributed by atoms with Gasteiger partial charge in [-0.2, -0.15) is 0 Å². The minimum atomic E-state index is -3.53. The van der Waals surface area contributed by atoms with Gasteiger partial charge in [0.25, 0.3) is 10.0 Å². The SMILES string of the molecule is CN(C)S(=O)(=O)c1cc(CNC(c2ccccc2)C2CCCCC2)co1. The molecular formula is C20H28N2O3S. The molecule has 1 aromatic heterocycles. The summed E-state index contributed by atoms with van der Waals surface area (Å²) in [4.78, 5) is 0. The molecule has 0 amide bonds. The summed E-state index contributed by atoms with van der Waals surface area (Å²) in [6, 6.07) is 12.4. The molecule has 3 rings (SSSR count). The first-order valence-electron chi connectivity index (χ1n) is 9.27. The zero-order chi connectivity index (χ0) is 18.6. The molecule has 0 spiro atoms. The van der Waals surface area contributed by atoms with Crippen molar-refractivity contribution < 1.29 is 12.8 Å². The molecule has 1 heterocycles. The third-order valence-electron chi connectivity index (χ3n) is 5.17. The molecule has 0 radical (unpaired) electrons. The highest BCUT2D eigenvalue weighted by molar-refractivity contribution is 7.88. The molecule has 1 aromatic carbocycles. The molecule has 1 unspecified atom stereocenters. The molecule has 1 aliphatic carbocycles. The highest BCUT2D eigenvalue weighted by atomic mass is 32.2. The zero-order valence-corrected chi connectivity index (χ0v) is 16.3. The lowest BCUT2D eigenvalue weighted by molar-refractivity contribution is 0.270. The molecule has 0 aliphatic heterocycles. The molecule has 142 valence electrons. The summed E-state index contributed by atoms with van der Waals surface area (Å²) in [5.74, 6) is 0.614. The van der Waals surface area contributed by atoms with Crippen LogP contribution in [0.3, 0.4) is 0 Å². The van der Waals surface area contributed by atoms with Crippen LogP contribution in [0.5, 0.6) is 0 Å². The van der Waals surface area contributed by atoms with Crippen LogP contribution < -0.4 is 5.32 Å². The molecule has 6 heteroatoms. The minimum absolute atomic E-state index is 0.00627. The predicted molar refractivity (Wildman–Crippen MR) is 102 cm³/mol. The van der Waals surface area contributed by atoms with Gasteiger partial charge >= 0.3 is 0 Å². The Morgan fingerprint density at radius 2 is 1.85 bits per heavy atom. The van der Waals surface area contributed by atoms with Crippen LogP contribution in [0.1, 0.15) is 49.3 Å². The van der Waals surface area contributed by atoms with Gasteiger partial charge in [-0.3, -0.25) is 0 Å². The number of nitrogens with zero attached hydrogens (tertiary/aromatic N) is 1. The van der Waals surface area contributed by atoms with E-state index in [9.17, 15) is 8.42 Å². The Morgan fingerprint density at radius 1 is 1.15 bits per heavy atom. The van der Waals surface area contributed by atoms with Gasteiger partial charge in [0.15, 0.2) is 0 Å². The van der Waals surface area contributed by atoms with Crippen molar-refractivity contribution in [2.45, 2.75) is 49.8 Å². The van der Waals surface area contributed by atoms with Crippen molar-refractivity contribution in [2.75, 3.05) is 14.1 Å². The van der Waals surface area contributed by atoms with Gasteiger partial charge in [-0.1, -0.05) is 49.6 Å². The van der Waals surface area contributed by atoms with E-state index in [4.69, 9.17) is 4.42 Å². The molecule has 0 saturated heterocycles. The van der Waals surface area contributed by atoms with Crippen molar-refractivity contribution in [3.8, 4) is 0 Å². The van der Waals surface area contributed by atoms with Gasteiger partial charge < -0.3 is 9.73 Å². The smallest absolute Gasteiger partial charge is 0.275 e. The summed E-state index contributed by atoms with van der Waals surface area (Å²) in [5.41, 5.74) is 2.14. The standard InChI is InChI=1S/C20H28N2O3S/c1-22(2)26(23,24)19-13-16(15-25-19)14-21-20(17-9-5-3-6-10-17)18-11-7-4-8-12-18/h3,5-6,9-10,13,15,18,20-21H,4,7-8,11-12,14H2,1-2H3. The Bertz CT molecular complexity index is 793. The van der Waals surface area contributed by atoms with Crippen LogP contribution in [-0.2, 0) is 16.6 Å². The number of rotatable bonds is 7. The molecule has 1 saturated carbocycles. The quantitative estimate of drug-likeness (QED) is 0.795. The molecule has 0 bridgehead atoms. The van der Waals surface area contributed by atoms with Crippen LogP contribution in [0.4, 0.5) is 0 Å². The van der Waals surface area contributed by atoms with Crippen LogP contribution in [0.15, 0.2) is 52.2 Å². The van der Waals surface area contributed by atoms with Crippen LogP contribution in [0, 0.1) is 5.92 Å². The number of furan rings is 1. The van der Waals surface area contributed by atoms with Gasteiger partial charge in [-0.05, 0) is 24.3 Å². The van der Waals surface area contributed by atoms with Crippen LogP contribution in [0.2, 0.25) is 0 Å². The Morgan fingerprint density at radius 3 is 2.50 bits per heavy atom. The fourth-order valence-electron chi connectivity index (χ4n) is 3.67. The second-order valence-electron chi connectivity index (χ2n) is 7.23. The summed E-state index contributed by atoms with van der Waals surface area (Å²) in [6.45, 7) is 0.586. The Kier molecular flexibility index (Phi) is 6.16. The maximum Gasteiger partial charge on any atom is 0.275 e. The first-order valence-corrected chi connectivity index (χ1v) is 10.7. The lowest BCUT2D eigenvalue weighted by atomic mass is 9.81. The van der Waals surface area contributed by atoms with Crippen molar-refractivity contribution >= 4 is 10.0 Å². The average molecular weight is 377 g/mol. The second-order valence-corrected chi connectivity index (χ2v) is 9.31. The van der Waals surface area contributed by atoms with Crippen LogP contribution in [-0.4, -0.2) is 26.8 Å². The van der Waals surface area contributed by atoms with Gasteiger partial charge in [0, 0.05) is 38.3 Å². The lowest BCUT2D eigenvalue weighted by Gasteiger charge is -2.31. The van der Waals surface area contributed by atoms with E-state index >= 15 is 0 Å². The van der Waals surface area contributed by atoms with Crippen molar-refractivity contribution in [1.82, 2.24) is 9.62 Å². The van der Waals surface area contributed by atoms with E-state index in [2.05, 4.69) is 29.6 Å². The van der Waals surface area contributed by atoms with E-state index in [1.165, 1.54) is 58.0 Å². The predicted octanol–water partition coefficient (Wildman–Crippen LogP) is 3.94. The normalized spacial score (nSPS) is 17.5. The zero-order valence-electron chi connectivity index (χ0n) is 15.5. The van der Waals surface area contributed by atoms with Crippen molar-refractivity contribution in [2.24, 2.45) is 5.92 Å². The Hall–Kier alpha value is -1.63. The van der Waals surface area contributed by atoms with E-state index < -0.39 is 10.0 Å². The first-order chi connectivity index (χ1) is 12.5. The maximum absolute atomic E-state index is 12.2. The first kappa shape index (κ1) is 19.1. The van der Waals surface area contributed by atoms with Crippen molar-refractivity contribution in [3.63, 3.8) is 0 Å². The van der Waals surface area contributed by atoms with Crippen LogP contribution >= 0.6 is 0 Å². The molecule has 2 aromatic rings. The Labute approximate surface area is 156 Å². The van der Waals surface area contributed by atoms with Gasteiger partial charge in [0.2, 0.25) is 5.09 Å². The van der Waals surface area contributed by atoms with Crippen LogP contribution in [0.25, 0.3) is 0 Å². The summed E-state index contributed by atoms with van der Waals surface area (Å²) in [7, 11) is -0.520. The number of benzene rings is 1. The van der Waals surface area contributed by atoms with Gasteiger partial charge in [0.1, 0.15) is 0 Å². The molecule has 5 nitrogen and oxygen atoms in total. The summed E-state index contributed by atoms with van der Waals surface area (Å²) in [6.07, 6.45) is 7.90. The third-order valence-corrected chi connectivity index (χ3v) is 6.85. The largest absolute Gasteiger partial charge is 0.451 e. The molecule has 1 N–H and O–H groups in total. The van der Waals surface area contributed by atoms with Crippen molar-refractivity contribution in [3.05, 3.63) is 53.8 Å². The fraction of sp³-hybridized carbons (Fsp3) is 0.500. The highest BCUT2D eigenvalue weighted by Crippen LogP contribution is 2.34. The average Bonchev–Trinajstić information content (AvgIpc) is 3.13. The van der Waals surface area contributed by atoms with E-state index in [1.54, 1.807) is 6.07 Å². The molecule has 26 heavy (non-hydrogen) atoms. The molecule has 1 fully saturated rings. The number of hydrogen-bond acceptors (Lipinski definition) is 4. The number of nitrogens with one attached hydrogen (secondary N) is 1.